The summed E-state index contributed by atoms with van der Waals surface area (Å²) in [5, 5.41) is 4.67. The molecule has 0 radical (unpaired) electrons. The average molecular weight is 391 g/mol. The third-order valence-corrected chi connectivity index (χ3v) is 5.75. The summed E-state index contributed by atoms with van der Waals surface area (Å²) in [7, 11) is 1.64. The average Bonchev–Trinajstić information content (AvgIpc) is 2.62. The maximum Gasteiger partial charge on any atom is 0.323 e. The highest BCUT2D eigenvalue weighted by Crippen LogP contribution is 2.41. The van der Waals surface area contributed by atoms with Crippen molar-refractivity contribution in [1.29, 1.82) is 0 Å². The molecule has 2 saturated heterocycles. The van der Waals surface area contributed by atoms with Gasteiger partial charge in [0.25, 0.3) is 0 Å². The molecule has 0 aromatic rings. The fourth-order valence-corrected chi connectivity index (χ4v) is 4.35. The predicted molar refractivity (Wildman–Crippen MR) is 92.9 cm³/mol. The normalized spacial score (nSPS) is 36.7. The van der Waals surface area contributed by atoms with Gasteiger partial charge in [0.05, 0.1) is 36.7 Å². The number of hydrogen-bond donors (Lipinski definition) is 2. The van der Waals surface area contributed by atoms with Crippen LogP contribution in [0.3, 0.4) is 0 Å². The van der Waals surface area contributed by atoms with Crippen molar-refractivity contribution in [2.45, 2.75) is 49.5 Å². The molecule has 0 spiro atoms. The van der Waals surface area contributed by atoms with Crippen molar-refractivity contribution in [3.63, 3.8) is 0 Å². The second kappa shape index (κ2) is 9.32. The van der Waals surface area contributed by atoms with E-state index in [-0.39, 0.29) is 35.3 Å². The zero-order valence-electron chi connectivity index (χ0n) is 14.9. The van der Waals surface area contributed by atoms with Crippen molar-refractivity contribution in [2.24, 2.45) is 11.8 Å². The Bertz CT molecular complexity index is 508. The number of rotatable bonds is 8. The first-order valence-electron chi connectivity index (χ1n) is 9.19. The van der Waals surface area contributed by atoms with Crippen molar-refractivity contribution in [3.05, 3.63) is 0 Å². The van der Waals surface area contributed by atoms with Crippen LogP contribution in [0.5, 0.6) is 0 Å². The maximum atomic E-state index is 12.0. The van der Waals surface area contributed by atoms with Gasteiger partial charge < -0.3 is 24.3 Å². The molecule has 3 rings (SSSR count). The van der Waals surface area contributed by atoms with Crippen LogP contribution >= 0.6 is 11.6 Å². The lowest BCUT2D eigenvalue weighted by Gasteiger charge is -2.48. The topological polar surface area (TPSA) is 95.1 Å². The summed E-state index contributed by atoms with van der Waals surface area (Å²) < 4.78 is 22.3. The fraction of sp³-hybridized carbons (Fsp3) is 0.882. The van der Waals surface area contributed by atoms with Gasteiger partial charge in [0.1, 0.15) is 6.23 Å². The minimum absolute atomic E-state index is 0.0958. The summed E-state index contributed by atoms with van der Waals surface area (Å²) in [5.41, 5.74) is 0. The number of hydrogen-bond acceptors (Lipinski definition) is 6. The summed E-state index contributed by atoms with van der Waals surface area (Å²) >= 11 is 6.63. The summed E-state index contributed by atoms with van der Waals surface area (Å²) in [6, 6.07) is -0.516. The SMILES string of the molecule is COCCOCCCOC1CCC2CC3C(=O)NC(=O)NC3OC2C1Cl. The van der Waals surface area contributed by atoms with Crippen LogP contribution in [0.25, 0.3) is 0 Å². The van der Waals surface area contributed by atoms with Crippen molar-refractivity contribution >= 4 is 23.5 Å². The van der Waals surface area contributed by atoms with Crippen molar-refractivity contribution in [3.8, 4) is 0 Å². The van der Waals surface area contributed by atoms with Gasteiger partial charge in [-0.2, -0.15) is 0 Å². The first-order chi connectivity index (χ1) is 12.6. The molecule has 3 amide bonds. The largest absolute Gasteiger partial charge is 0.382 e. The molecule has 1 aliphatic carbocycles. The second-order valence-corrected chi connectivity index (χ2v) is 7.48. The number of fused-ring (bicyclic) bond motifs is 2. The van der Waals surface area contributed by atoms with Gasteiger partial charge in [0, 0.05) is 20.3 Å². The monoisotopic (exact) mass is 390 g/mol. The van der Waals surface area contributed by atoms with E-state index in [1.807, 2.05) is 0 Å². The Labute approximate surface area is 158 Å². The quantitative estimate of drug-likeness (QED) is 0.474. The van der Waals surface area contributed by atoms with E-state index in [4.69, 9.17) is 30.5 Å². The number of carbonyl (C=O) groups is 2. The highest BCUT2D eigenvalue weighted by molar-refractivity contribution is 6.21. The molecule has 0 aromatic carbocycles. The Balaban J connectivity index is 1.45. The van der Waals surface area contributed by atoms with E-state index in [2.05, 4.69) is 10.6 Å². The molecule has 8 nitrogen and oxygen atoms in total. The highest BCUT2D eigenvalue weighted by atomic mass is 35.5. The third-order valence-electron chi connectivity index (χ3n) is 5.23. The van der Waals surface area contributed by atoms with E-state index in [1.165, 1.54) is 0 Å². The number of ether oxygens (including phenoxy) is 4. The highest BCUT2D eigenvalue weighted by Gasteiger charge is 2.50. The number of imide groups is 1. The Kier molecular flexibility index (Phi) is 7.11. The number of alkyl halides is 1. The van der Waals surface area contributed by atoms with Crippen LogP contribution in [-0.2, 0) is 23.7 Å². The van der Waals surface area contributed by atoms with Crippen molar-refractivity contribution in [2.75, 3.05) is 33.5 Å². The molecule has 2 aliphatic heterocycles. The second-order valence-electron chi connectivity index (χ2n) is 6.98. The van der Waals surface area contributed by atoms with Gasteiger partial charge in [-0.15, -0.1) is 11.6 Å². The van der Waals surface area contributed by atoms with Crippen LogP contribution in [0, 0.1) is 11.8 Å². The zero-order chi connectivity index (χ0) is 18.5. The van der Waals surface area contributed by atoms with E-state index in [9.17, 15) is 9.59 Å². The Morgan fingerprint density at radius 1 is 1.19 bits per heavy atom. The van der Waals surface area contributed by atoms with Crippen LogP contribution in [0.15, 0.2) is 0 Å². The fourth-order valence-electron chi connectivity index (χ4n) is 3.89. The Morgan fingerprint density at radius 3 is 2.85 bits per heavy atom. The maximum absolute atomic E-state index is 12.0. The lowest BCUT2D eigenvalue weighted by atomic mass is 9.76. The van der Waals surface area contributed by atoms with Crippen LogP contribution < -0.4 is 10.6 Å². The number of nitrogens with one attached hydrogen (secondary N) is 2. The van der Waals surface area contributed by atoms with Gasteiger partial charge in [-0.05, 0) is 31.6 Å². The Hall–Kier alpha value is -0.930. The lowest BCUT2D eigenvalue weighted by Crippen LogP contribution is -2.65. The number of urea groups is 1. The minimum Gasteiger partial charge on any atom is -0.382 e. The molecule has 3 aliphatic rings. The zero-order valence-corrected chi connectivity index (χ0v) is 15.7. The summed E-state index contributed by atoms with van der Waals surface area (Å²) in [6.45, 7) is 2.36. The molecule has 1 saturated carbocycles. The van der Waals surface area contributed by atoms with Gasteiger partial charge in [-0.3, -0.25) is 10.1 Å². The van der Waals surface area contributed by atoms with E-state index >= 15 is 0 Å². The summed E-state index contributed by atoms with van der Waals surface area (Å²) in [4.78, 5) is 23.5. The molecule has 2 heterocycles. The summed E-state index contributed by atoms with van der Waals surface area (Å²) in [5.74, 6) is -0.411. The molecular formula is C17H27ClN2O6. The smallest absolute Gasteiger partial charge is 0.323 e. The van der Waals surface area contributed by atoms with Crippen LogP contribution in [0.1, 0.15) is 25.7 Å². The number of carbonyl (C=O) groups excluding carboxylic acids is 2. The molecule has 3 fully saturated rings. The van der Waals surface area contributed by atoms with Gasteiger partial charge in [-0.1, -0.05) is 0 Å². The minimum atomic E-state index is -0.605. The standard InChI is InChI=1S/C17H27ClN2O6/c1-23-7-8-24-5-2-6-25-12-4-3-10-9-11-15(21)19-17(22)20-16(11)26-14(10)13(12)18/h10-14,16H,2-9H2,1H3,(H2,19,20,21,22). The molecule has 0 bridgehead atoms. The Morgan fingerprint density at radius 2 is 2.04 bits per heavy atom. The number of methoxy groups -OCH3 is 1. The molecule has 6 unspecified atom stereocenters. The van der Waals surface area contributed by atoms with Gasteiger partial charge in [0.2, 0.25) is 5.91 Å². The van der Waals surface area contributed by atoms with Gasteiger partial charge >= 0.3 is 6.03 Å². The predicted octanol–water partition coefficient (Wildman–Crippen LogP) is 1.01. The van der Waals surface area contributed by atoms with Crippen molar-refractivity contribution in [1.82, 2.24) is 10.6 Å². The first kappa shape index (κ1) is 19.8. The van der Waals surface area contributed by atoms with Gasteiger partial charge in [-0.25, -0.2) is 4.79 Å². The van der Waals surface area contributed by atoms with Crippen molar-refractivity contribution < 1.29 is 28.5 Å². The first-order valence-corrected chi connectivity index (χ1v) is 9.63. The molecule has 9 heteroatoms. The number of halogens is 1. The summed E-state index contributed by atoms with van der Waals surface area (Å²) in [6.07, 6.45) is 2.28. The van der Waals surface area contributed by atoms with Crippen LogP contribution in [-0.4, -0.2) is 69.3 Å². The van der Waals surface area contributed by atoms with E-state index < -0.39 is 12.3 Å². The van der Waals surface area contributed by atoms with Gasteiger partial charge in [0.15, 0.2) is 0 Å². The van der Waals surface area contributed by atoms with E-state index in [0.717, 1.165) is 19.3 Å². The van der Waals surface area contributed by atoms with Crippen LogP contribution in [0.4, 0.5) is 4.79 Å². The van der Waals surface area contributed by atoms with Crippen LogP contribution in [0.2, 0.25) is 0 Å². The lowest BCUT2D eigenvalue weighted by molar-refractivity contribution is -0.170. The third kappa shape index (κ3) is 4.67. The molecule has 2 N–H and O–H groups in total. The molecule has 148 valence electrons. The van der Waals surface area contributed by atoms with E-state index in [0.29, 0.717) is 32.8 Å². The molecule has 6 atom stereocenters. The van der Waals surface area contributed by atoms with E-state index in [1.54, 1.807) is 7.11 Å². The molecule has 0 aromatic heterocycles. The molecular weight excluding hydrogens is 364 g/mol. The molecule has 26 heavy (non-hydrogen) atoms. The number of amides is 3.